The average molecular weight is 262 g/mol. The summed E-state index contributed by atoms with van der Waals surface area (Å²) in [6.45, 7) is 1.99. The van der Waals surface area contributed by atoms with E-state index in [1.54, 1.807) is 25.4 Å². The maximum Gasteiger partial charge on any atom is 0.254 e. The van der Waals surface area contributed by atoms with Crippen molar-refractivity contribution >= 4 is 17.2 Å². The Morgan fingerprint density at radius 3 is 3.00 bits per heavy atom. The Hall–Kier alpha value is -1.82. The zero-order valence-corrected chi connectivity index (χ0v) is 11.1. The molecule has 1 unspecified atom stereocenters. The maximum absolute atomic E-state index is 12.0. The lowest BCUT2D eigenvalue weighted by Crippen LogP contribution is -2.30. The van der Waals surface area contributed by atoms with Gasteiger partial charge >= 0.3 is 0 Å². The molecule has 0 aliphatic rings. The van der Waals surface area contributed by atoms with Crippen LogP contribution in [-0.2, 0) is 0 Å². The number of carbonyl (C=O) groups excluding carboxylic acids is 1. The summed E-state index contributed by atoms with van der Waals surface area (Å²) in [5.74, 6) is 4.98. The highest BCUT2D eigenvalue weighted by atomic mass is 32.1. The summed E-state index contributed by atoms with van der Waals surface area (Å²) < 4.78 is 0. The Bertz CT molecular complexity index is 519. The van der Waals surface area contributed by atoms with Crippen LogP contribution in [-0.4, -0.2) is 36.1 Å². The number of hydrogen-bond acceptors (Lipinski definition) is 4. The van der Waals surface area contributed by atoms with Crippen LogP contribution in [0.2, 0.25) is 0 Å². The Morgan fingerprint density at radius 2 is 2.39 bits per heavy atom. The smallest absolute Gasteiger partial charge is 0.254 e. The average Bonchev–Trinajstić information content (AvgIpc) is 2.83. The number of amides is 1. The van der Waals surface area contributed by atoms with Gasteiger partial charge < -0.3 is 10.0 Å². The molecule has 1 aromatic rings. The maximum atomic E-state index is 12.0. The first kappa shape index (κ1) is 14.2. The molecule has 0 saturated carbocycles. The van der Waals surface area contributed by atoms with Gasteiger partial charge in [-0.15, -0.1) is 11.3 Å². The number of nitriles is 1. The first-order chi connectivity index (χ1) is 8.58. The molecule has 18 heavy (non-hydrogen) atoms. The molecule has 0 radical (unpaired) electrons. The van der Waals surface area contributed by atoms with Gasteiger partial charge in [0.2, 0.25) is 0 Å². The van der Waals surface area contributed by atoms with Crippen LogP contribution in [0, 0.1) is 29.1 Å². The first-order valence-electron chi connectivity index (χ1n) is 5.41. The highest BCUT2D eigenvalue weighted by Crippen LogP contribution is 2.15. The molecule has 0 aliphatic carbocycles. The van der Waals surface area contributed by atoms with Gasteiger partial charge in [-0.3, -0.25) is 4.79 Å². The van der Waals surface area contributed by atoms with Crippen molar-refractivity contribution < 1.29 is 9.90 Å². The Labute approximate surface area is 110 Å². The summed E-state index contributed by atoms with van der Waals surface area (Å²) in [4.78, 5) is 14.3. The zero-order chi connectivity index (χ0) is 13.5. The normalized spacial score (nSPS) is 11.0. The third-order valence-corrected chi connectivity index (χ3v) is 3.10. The minimum Gasteiger partial charge on any atom is -0.384 e. The van der Waals surface area contributed by atoms with Crippen LogP contribution >= 0.6 is 11.3 Å². The lowest BCUT2D eigenvalue weighted by Gasteiger charge is -2.17. The minimum absolute atomic E-state index is 0.120. The van der Waals surface area contributed by atoms with Gasteiger partial charge in [-0.25, -0.2) is 0 Å². The van der Waals surface area contributed by atoms with Gasteiger partial charge in [0.1, 0.15) is 6.61 Å². The Balaban J connectivity index is 2.72. The second kappa shape index (κ2) is 6.80. The van der Waals surface area contributed by atoms with Gasteiger partial charge in [-0.05, 0) is 13.0 Å². The lowest BCUT2D eigenvalue weighted by atomic mass is 10.2. The third kappa shape index (κ3) is 3.89. The SMILES string of the molecule is CC(C#N)CN(C)C(=O)c1csc(C#CCO)c1. The number of aliphatic hydroxyl groups excluding tert-OH is 1. The summed E-state index contributed by atoms with van der Waals surface area (Å²) in [6, 6.07) is 3.79. The molecule has 1 amide bonds. The van der Waals surface area contributed by atoms with Crippen molar-refractivity contribution in [2.24, 2.45) is 5.92 Å². The van der Waals surface area contributed by atoms with Crippen LogP contribution in [0.3, 0.4) is 0 Å². The molecule has 0 aliphatic heterocycles. The second-order valence-corrected chi connectivity index (χ2v) is 4.79. The molecule has 0 saturated heterocycles. The molecule has 1 N–H and O–H groups in total. The summed E-state index contributed by atoms with van der Waals surface area (Å²) in [6.07, 6.45) is 0. The fourth-order valence-corrected chi connectivity index (χ4v) is 2.14. The van der Waals surface area contributed by atoms with Crippen LogP contribution in [0.5, 0.6) is 0 Å². The van der Waals surface area contributed by atoms with Gasteiger partial charge in [0.15, 0.2) is 0 Å². The van der Waals surface area contributed by atoms with Gasteiger partial charge in [-0.2, -0.15) is 5.26 Å². The lowest BCUT2D eigenvalue weighted by molar-refractivity contribution is 0.0785. The molecule has 0 aromatic carbocycles. The van der Waals surface area contributed by atoms with E-state index in [0.29, 0.717) is 12.1 Å². The second-order valence-electron chi connectivity index (χ2n) is 3.88. The molecule has 0 bridgehead atoms. The fourth-order valence-electron chi connectivity index (χ4n) is 1.40. The van der Waals surface area contributed by atoms with Crippen molar-refractivity contribution in [3.8, 4) is 17.9 Å². The van der Waals surface area contributed by atoms with Crippen LogP contribution < -0.4 is 0 Å². The van der Waals surface area contributed by atoms with E-state index in [0.717, 1.165) is 4.88 Å². The number of nitrogens with zero attached hydrogens (tertiary/aromatic N) is 2. The van der Waals surface area contributed by atoms with Crippen molar-refractivity contribution in [1.29, 1.82) is 5.26 Å². The molecule has 1 heterocycles. The Kier molecular flexibility index (Phi) is 5.38. The van der Waals surface area contributed by atoms with Gasteiger partial charge in [0.25, 0.3) is 5.91 Å². The van der Waals surface area contributed by atoms with E-state index in [1.165, 1.54) is 16.2 Å². The van der Waals surface area contributed by atoms with Gasteiger partial charge in [0, 0.05) is 19.0 Å². The Morgan fingerprint density at radius 1 is 1.67 bits per heavy atom. The summed E-state index contributed by atoms with van der Waals surface area (Å²) in [5, 5.41) is 19.0. The van der Waals surface area contributed by atoms with Gasteiger partial charge in [-0.1, -0.05) is 11.8 Å². The third-order valence-electron chi connectivity index (χ3n) is 2.25. The molecule has 1 rings (SSSR count). The predicted octanol–water partition coefficient (Wildman–Crippen LogP) is 1.32. The van der Waals surface area contributed by atoms with E-state index < -0.39 is 0 Å². The predicted molar refractivity (Wildman–Crippen MR) is 70.0 cm³/mol. The van der Waals surface area contributed by atoms with Crippen LogP contribution in [0.1, 0.15) is 22.2 Å². The number of thiophene rings is 1. The molecule has 4 nitrogen and oxygen atoms in total. The van der Waals surface area contributed by atoms with Crippen LogP contribution in [0.25, 0.3) is 0 Å². The number of carbonyl (C=O) groups is 1. The van der Waals surface area contributed by atoms with Crippen LogP contribution in [0.15, 0.2) is 11.4 Å². The van der Waals surface area contributed by atoms with Crippen molar-refractivity contribution in [3.63, 3.8) is 0 Å². The monoisotopic (exact) mass is 262 g/mol. The fraction of sp³-hybridized carbons (Fsp3) is 0.385. The molecule has 0 fully saturated rings. The van der Waals surface area contributed by atoms with Gasteiger partial charge in [0.05, 0.1) is 22.4 Å². The quantitative estimate of drug-likeness (QED) is 0.836. The molecule has 94 valence electrons. The highest BCUT2D eigenvalue weighted by molar-refractivity contribution is 7.10. The minimum atomic E-state index is -0.194. The van der Waals surface area contributed by atoms with Crippen LogP contribution in [0.4, 0.5) is 0 Å². The van der Waals surface area contributed by atoms with E-state index >= 15 is 0 Å². The van der Waals surface area contributed by atoms with Crippen molar-refractivity contribution in [3.05, 3.63) is 21.9 Å². The van der Waals surface area contributed by atoms with E-state index in [4.69, 9.17) is 10.4 Å². The first-order valence-corrected chi connectivity index (χ1v) is 6.29. The van der Waals surface area contributed by atoms with Crippen molar-refractivity contribution in [2.45, 2.75) is 6.92 Å². The number of hydrogen-bond donors (Lipinski definition) is 1. The van der Waals surface area contributed by atoms with E-state index in [-0.39, 0.29) is 18.4 Å². The van der Waals surface area contributed by atoms with E-state index in [2.05, 4.69) is 17.9 Å². The highest BCUT2D eigenvalue weighted by Gasteiger charge is 2.15. The summed E-state index contributed by atoms with van der Waals surface area (Å²) in [5.41, 5.74) is 0.565. The largest absolute Gasteiger partial charge is 0.384 e. The van der Waals surface area contributed by atoms with E-state index in [1.807, 2.05) is 0 Å². The van der Waals surface area contributed by atoms with E-state index in [9.17, 15) is 4.79 Å². The molecular weight excluding hydrogens is 248 g/mol. The summed E-state index contributed by atoms with van der Waals surface area (Å²) in [7, 11) is 1.67. The standard InChI is InChI=1S/C13H14N2O2S/c1-10(7-14)8-15(2)13(17)11-6-12(18-9-11)4-3-5-16/h6,9-10,16H,5,8H2,1-2H3. The summed E-state index contributed by atoms with van der Waals surface area (Å²) >= 11 is 1.36. The molecule has 0 spiro atoms. The van der Waals surface area contributed by atoms with Crippen molar-refractivity contribution in [1.82, 2.24) is 4.90 Å². The molecular formula is C13H14N2O2S. The molecule has 1 atom stereocenters. The van der Waals surface area contributed by atoms with Crippen molar-refractivity contribution in [2.75, 3.05) is 20.2 Å². The molecule has 1 aromatic heterocycles. The number of aliphatic hydroxyl groups is 1. The topological polar surface area (TPSA) is 64.3 Å². The zero-order valence-electron chi connectivity index (χ0n) is 10.3. The molecule has 5 heteroatoms. The number of rotatable bonds is 3.